The standard InChI is InChI=1S/C20H18N2O4/c1-11-9-17-18(10-12(11)2)20(26)22(19(17)25)16-7-5-15(6-8-16)21(13(3)23)14(4)24/h5-10H,1-4H3. The summed E-state index contributed by atoms with van der Waals surface area (Å²) in [5.41, 5.74) is 3.44. The Morgan fingerprint density at radius 3 is 1.62 bits per heavy atom. The van der Waals surface area contributed by atoms with Crippen molar-refractivity contribution in [3.8, 4) is 0 Å². The molecule has 0 saturated carbocycles. The maximum absolute atomic E-state index is 12.7. The van der Waals surface area contributed by atoms with Gasteiger partial charge in [0.05, 0.1) is 22.5 Å². The van der Waals surface area contributed by atoms with Gasteiger partial charge in [-0.15, -0.1) is 0 Å². The molecule has 1 aliphatic heterocycles. The molecule has 132 valence electrons. The zero-order valence-corrected chi connectivity index (χ0v) is 15.0. The molecule has 6 nitrogen and oxygen atoms in total. The highest BCUT2D eigenvalue weighted by Crippen LogP contribution is 2.31. The molecule has 0 atom stereocenters. The van der Waals surface area contributed by atoms with E-state index in [1.54, 1.807) is 24.3 Å². The second-order valence-corrected chi connectivity index (χ2v) is 6.32. The van der Waals surface area contributed by atoms with Crippen LogP contribution in [0.5, 0.6) is 0 Å². The average Bonchev–Trinajstić information content (AvgIpc) is 2.79. The van der Waals surface area contributed by atoms with Crippen LogP contribution in [0.15, 0.2) is 36.4 Å². The molecule has 0 radical (unpaired) electrons. The van der Waals surface area contributed by atoms with Crippen LogP contribution in [0.3, 0.4) is 0 Å². The number of rotatable bonds is 2. The number of amides is 4. The van der Waals surface area contributed by atoms with E-state index in [0.717, 1.165) is 20.9 Å². The van der Waals surface area contributed by atoms with Gasteiger partial charge in [0.25, 0.3) is 11.8 Å². The number of carbonyl (C=O) groups is 4. The first-order valence-corrected chi connectivity index (χ1v) is 8.13. The van der Waals surface area contributed by atoms with Gasteiger partial charge in [-0.05, 0) is 61.4 Å². The van der Waals surface area contributed by atoms with Crippen molar-refractivity contribution in [3.63, 3.8) is 0 Å². The minimum Gasteiger partial charge on any atom is -0.274 e. The predicted octanol–water partition coefficient (Wildman–Crippen LogP) is 3.00. The van der Waals surface area contributed by atoms with Crippen LogP contribution in [0.25, 0.3) is 0 Å². The van der Waals surface area contributed by atoms with Crippen molar-refractivity contribution in [1.82, 2.24) is 0 Å². The van der Waals surface area contributed by atoms with Crippen molar-refractivity contribution in [3.05, 3.63) is 58.7 Å². The number of carbonyl (C=O) groups excluding carboxylic acids is 4. The first-order chi connectivity index (χ1) is 12.2. The summed E-state index contributed by atoms with van der Waals surface area (Å²) in [6, 6.07) is 9.64. The van der Waals surface area contributed by atoms with E-state index >= 15 is 0 Å². The summed E-state index contributed by atoms with van der Waals surface area (Å²) in [6.45, 7) is 6.38. The van der Waals surface area contributed by atoms with E-state index < -0.39 is 11.8 Å². The number of hydrogen-bond donors (Lipinski definition) is 0. The molecule has 1 aliphatic rings. The average molecular weight is 350 g/mol. The minimum absolute atomic E-state index is 0.379. The van der Waals surface area contributed by atoms with E-state index in [0.29, 0.717) is 22.5 Å². The highest BCUT2D eigenvalue weighted by Gasteiger charge is 2.37. The first kappa shape index (κ1) is 17.5. The molecule has 3 rings (SSSR count). The van der Waals surface area contributed by atoms with Gasteiger partial charge in [-0.2, -0.15) is 0 Å². The Morgan fingerprint density at radius 1 is 0.808 bits per heavy atom. The number of benzene rings is 2. The molecule has 0 saturated heterocycles. The Bertz CT molecular complexity index is 906. The number of hydrogen-bond acceptors (Lipinski definition) is 4. The summed E-state index contributed by atoms with van der Waals surface area (Å²) >= 11 is 0. The molecule has 4 amide bonds. The third kappa shape index (κ3) is 2.69. The fraction of sp³-hybridized carbons (Fsp3) is 0.200. The lowest BCUT2D eigenvalue weighted by molar-refractivity contribution is -0.124. The highest BCUT2D eigenvalue weighted by atomic mass is 16.2. The van der Waals surface area contributed by atoms with Crippen molar-refractivity contribution >= 4 is 35.0 Å². The van der Waals surface area contributed by atoms with Crippen molar-refractivity contribution < 1.29 is 19.2 Å². The maximum atomic E-state index is 12.7. The molecule has 6 heteroatoms. The largest absolute Gasteiger partial charge is 0.274 e. The second-order valence-electron chi connectivity index (χ2n) is 6.32. The molecule has 0 N–H and O–H groups in total. The molecule has 26 heavy (non-hydrogen) atoms. The van der Waals surface area contributed by atoms with Gasteiger partial charge in [-0.3, -0.25) is 24.1 Å². The molecule has 2 aromatic carbocycles. The molecule has 1 heterocycles. The molecule has 0 aliphatic carbocycles. The van der Waals surface area contributed by atoms with Gasteiger partial charge >= 0.3 is 0 Å². The summed E-state index contributed by atoms with van der Waals surface area (Å²) in [6.07, 6.45) is 0. The third-order valence-corrected chi connectivity index (χ3v) is 4.50. The lowest BCUT2D eigenvalue weighted by atomic mass is 10.0. The van der Waals surface area contributed by atoms with Crippen LogP contribution in [-0.2, 0) is 9.59 Å². The van der Waals surface area contributed by atoms with Gasteiger partial charge in [0.2, 0.25) is 11.8 Å². The fourth-order valence-electron chi connectivity index (χ4n) is 3.07. The summed E-state index contributed by atoms with van der Waals surface area (Å²) in [5, 5.41) is 0. The summed E-state index contributed by atoms with van der Waals surface area (Å²) in [4.78, 5) is 50.8. The number of aryl methyl sites for hydroxylation is 2. The van der Waals surface area contributed by atoms with Gasteiger partial charge in [0, 0.05) is 13.8 Å². The normalized spacial score (nSPS) is 13.0. The van der Waals surface area contributed by atoms with Gasteiger partial charge in [0.15, 0.2) is 0 Å². The van der Waals surface area contributed by atoms with Crippen LogP contribution < -0.4 is 9.80 Å². The van der Waals surface area contributed by atoms with E-state index in [1.807, 2.05) is 13.8 Å². The van der Waals surface area contributed by atoms with Crippen LogP contribution in [0, 0.1) is 13.8 Å². The maximum Gasteiger partial charge on any atom is 0.266 e. The minimum atomic E-state index is -0.406. The molecule has 0 spiro atoms. The van der Waals surface area contributed by atoms with Gasteiger partial charge in [-0.1, -0.05) is 0 Å². The first-order valence-electron chi connectivity index (χ1n) is 8.13. The van der Waals surface area contributed by atoms with E-state index in [2.05, 4.69) is 0 Å². The summed E-state index contributed by atoms with van der Waals surface area (Å²) < 4.78 is 0. The van der Waals surface area contributed by atoms with E-state index in [9.17, 15) is 19.2 Å². The molecule has 2 aromatic rings. The monoisotopic (exact) mass is 350 g/mol. The van der Waals surface area contributed by atoms with Crippen molar-refractivity contribution in [2.45, 2.75) is 27.7 Å². The van der Waals surface area contributed by atoms with Gasteiger partial charge in [-0.25, -0.2) is 4.90 Å². The van der Waals surface area contributed by atoms with Gasteiger partial charge in [0.1, 0.15) is 0 Å². The lowest BCUT2D eigenvalue weighted by Crippen LogP contribution is -2.33. The smallest absolute Gasteiger partial charge is 0.266 e. The van der Waals surface area contributed by atoms with E-state index in [4.69, 9.17) is 0 Å². The lowest BCUT2D eigenvalue weighted by Gasteiger charge is -2.19. The topological polar surface area (TPSA) is 74.8 Å². The second kappa shape index (κ2) is 6.22. The van der Waals surface area contributed by atoms with E-state index in [1.165, 1.54) is 26.0 Å². The number of nitrogens with zero attached hydrogens (tertiary/aromatic N) is 2. The van der Waals surface area contributed by atoms with Crippen molar-refractivity contribution in [2.75, 3.05) is 9.80 Å². The highest BCUT2D eigenvalue weighted by molar-refractivity contribution is 6.34. The van der Waals surface area contributed by atoms with E-state index in [-0.39, 0.29) is 11.8 Å². The fourth-order valence-corrected chi connectivity index (χ4v) is 3.07. The molecule has 0 aromatic heterocycles. The molecule has 0 unspecified atom stereocenters. The number of anilines is 2. The predicted molar refractivity (Wildman–Crippen MR) is 97.3 cm³/mol. The Kier molecular flexibility index (Phi) is 4.20. The van der Waals surface area contributed by atoms with Crippen molar-refractivity contribution in [1.29, 1.82) is 0 Å². The molecular weight excluding hydrogens is 332 g/mol. The Morgan fingerprint density at radius 2 is 1.23 bits per heavy atom. The molecular formula is C20H18N2O4. The van der Waals surface area contributed by atoms with Crippen LogP contribution in [-0.4, -0.2) is 23.6 Å². The summed E-state index contributed by atoms with van der Waals surface area (Å²) in [5.74, 6) is -1.57. The van der Waals surface area contributed by atoms with Crippen LogP contribution in [0.1, 0.15) is 45.7 Å². The quantitative estimate of drug-likeness (QED) is 0.780. The zero-order valence-electron chi connectivity index (χ0n) is 15.0. The third-order valence-electron chi connectivity index (χ3n) is 4.50. The van der Waals surface area contributed by atoms with Crippen LogP contribution >= 0.6 is 0 Å². The van der Waals surface area contributed by atoms with Crippen LogP contribution in [0.2, 0.25) is 0 Å². The summed E-state index contributed by atoms with van der Waals surface area (Å²) in [7, 11) is 0. The van der Waals surface area contributed by atoms with Crippen molar-refractivity contribution in [2.24, 2.45) is 0 Å². The Hall–Kier alpha value is -3.28. The van der Waals surface area contributed by atoms with Gasteiger partial charge < -0.3 is 0 Å². The SMILES string of the molecule is CC(=O)N(C(C)=O)c1ccc(N2C(=O)c3cc(C)c(C)cc3C2=O)cc1. The molecule has 0 fully saturated rings. The number of fused-ring (bicyclic) bond motifs is 1. The Balaban J connectivity index is 1.98. The molecule has 0 bridgehead atoms. The zero-order chi connectivity index (χ0) is 19.2. The van der Waals surface area contributed by atoms with Crippen LogP contribution in [0.4, 0.5) is 11.4 Å². The number of imide groups is 2. The Labute approximate surface area is 151 Å².